The molecule has 0 aromatic rings. The van der Waals surface area contributed by atoms with E-state index in [2.05, 4.69) is 24.2 Å². The fraction of sp³-hybridized carbons (Fsp3) is 1.00. The molecule has 2 N–H and O–H groups in total. The molecule has 2 unspecified atom stereocenters. The second kappa shape index (κ2) is 5.58. The van der Waals surface area contributed by atoms with Crippen LogP contribution in [0, 0.1) is 5.92 Å². The Hall–Kier alpha value is -0.120. The Bertz CT molecular complexity index is 141. The molecule has 13 heavy (non-hydrogen) atoms. The van der Waals surface area contributed by atoms with Crippen LogP contribution in [0.5, 0.6) is 0 Å². The zero-order valence-corrected chi connectivity index (χ0v) is 8.79. The number of piperidine rings is 1. The lowest BCUT2D eigenvalue weighted by molar-refractivity contribution is 0.200. The average Bonchev–Trinajstić information content (AvgIpc) is 2.14. The second-order valence-corrected chi connectivity index (χ2v) is 4.30. The van der Waals surface area contributed by atoms with Gasteiger partial charge in [0.1, 0.15) is 0 Å². The number of likely N-dealkylation sites (tertiary alicyclic amines) is 1. The van der Waals surface area contributed by atoms with Crippen molar-refractivity contribution in [2.24, 2.45) is 5.92 Å². The van der Waals surface area contributed by atoms with Gasteiger partial charge in [0.25, 0.3) is 0 Å². The Morgan fingerprint density at radius 2 is 2.38 bits per heavy atom. The van der Waals surface area contributed by atoms with Gasteiger partial charge in [-0.3, -0.25) is 0 Å². The maximum atomic E-state index is 8.87. The van der Waals surface area contributed by atoms with Gasteiger partial charge in [-0.2, -0.15) is 0 Å². The Morgan fingerprint density at radius 1 is 1.62 bits per heavy atom. The lowest BCUT2D eigenvalue weighted by Gasteiger charge is -2.31. The fourth-order valence-corrected chi connectivity index (χ4v) is 1.77. The molecule has 1 aliphatic heterocycles. The summed E-state index contributed by atoms with van der Waals surface area (Å²) in [5.41, 5.74) is 0. The highest BCUT2D eigenvalue weighted by Gasteiger charge is 2.16. The number of hydrogen-bond donors (Lipinski definition) is 2. The van der Waals surface area contributed by atoms with Crippen LogP contribution in [0.4, 0.5) is 0 Å². The van der Waals surface area contributed by atoms with Crippen LogP contribution in [0.25, 0.3) is 0 Å². The minimum atomic E-state index is 0.287. The van der Waals surface area contributed by atoms with Gasteiger partial charge >= 0.3 is 0 Å². The highest BCUT2D eigenvalue weighted by Crippen LogP contribution is 2.07. The lowest BCUT2D eigenvalue weighted by atomic mass is 10.1. The molecule has 1 aliphatic rings. The van der Waals surface area contributed by atoms with Crippen LogP contribution in [-0.2, 0) is 0 Å². The molecule has 0 aromatic carbocycles. The quantitative estimate of drug-likeness (QED) is 0.663. The smallest absolute Gasteiger partial charge is 0.0468 e. The monoisotopic (exact) mass is 186 g/mol. The molecule has 1 rings (SSSR count). The first-order chi connectivity index (χ1) is 6.22. The first-order valence-corrected chi connectivity index (χ1v) is 5.25. The summed E-state index contributed by atoms with van der Waals surface area (Å²) in [6.45, 7) is 5.68. The van der Waals surface area contributed by atoms with E-state index in [1.54, 1.807) is 0 Å². The summed E-state index contributed by atoms with van der Waals surface area (Å²) >= 11 is 0. The standard InChI is InChI=1S/C10H22N2O/c1-9(8-13)6-11-10-4-3-5-12(2)7-10/h9-11,13H,3-8H2,1-2H3. The molecule has 3 heteroatoms. The molecule has 0 radical (unpaired) electrons. The summed E-state index contributed by atoms with van der Waals surface area (Å²) < 4.78 is 0. The normalized spacial score (nSPS) is 27.5. The van der Waals surface area contributed by atoms with Crippen LogP contribution in [0.2, 0.25) is 0 Å². The molecule has 0 aliphatic carbocycles. The van der Waals surface area contributed by atoms with Gasteiger partial charge in [0.2, 0.25) is 0 Å². The maximum Gasteiger partial charge on any atom is 0.0468 e. The van der Waals surface area contributed by atoms with E-state index in [-0.39, 0.29) is 6.61 Å². The van der Waals surface area contributed by atoms with Crippen LogP contribution in [0.15, 0.2) is 0 Å². The SMILES string of the molecule is CC(CO)CNC1CCCN(C)C1. The van der Waals surface area contributed by atoms with Crippen molar-refractivity contribution in [2.75, 3.05) is 33.3 Å². The molecule has 1 heterocycles. The Morgan fingerprint density at radius 3 is 3.00 bits per heavy atom. The van der Waals surface area contributed by atoms with E-state index in [9.17, 15) is 0 Å². The minimum absolute atomic E-state index is 0.287. The number of nitrogens with one attached hydrogen (secondary N) is 1. The number of nitrogens with zero attached hydrogens (tertiary/aromatic N) is 1. The van der Waals surface area contributed by atoms with Gasteiger partial charge in [0, 0.05) is 25.7 Å². The van der Waals surface area contributed by atoms with Crippen LogP contribution < -0.4 is 5.32 Å². The Balaban J connectivity index is 2.13. The number of likely N-dealkylation sites (N-methyl/N-ethyl adjacent to an activating group) is 1. The van der Waals surface area contributed by atoms with Gasteiger partial charge in [0.15, 0.2) is 0 Å². The van der Waals surface area contributed by atoms with Crippen LogP contribution in [0.1, 0.15) is 19.8 Å². The predicted octanol–water partition coefficient (Wildman–Crippen LogP) is 0.299. The summed E-state index contributed by atoms with van der Waals surface area (Å²) in [6.07, 6.45) is 2.57. The van der Waals surface area contributed by atoms with Crippen molar-refractivity contribution in [3.63, 3.8) is 0 Å². The molecule has 3 nitrogen and oxygen atoms in total. The number of aliphatic hydroxyl groups is 1. The highest BCUT2D eigenvalue weighted by atomic mass is 16.3. The number of hydrogen-bond acceptors (Lipinski definition) is 3. The molecule has 0 amide bonds. The van der Waals surface area contributed by atoms with E-state index in [4.69, 9.17) is 5.11 Å². The third kappa shape index (κ3) is 4.07. The molecule has 0 aromatic heterocycles. The average molecular weight is 186 g/mol. The molecule has 0 bridgehead atoms. The van der Waals surface area contributed by atoms with Gasteiger partial charge < -0.3 is 15.3 Å². The van der Waals surface area contributed by atoms with Crippen molar-refractivity contribution in [3.05, 3.63) is 0 Å². The first kappa shape index (κ1) is 11.0. The molecule has 78 valence electrons. The van der Waals surface area contributed by atoms with Gasteiger partial charge in [-0.05, 0) is 32.4 Å². The van der Waals surface area contributed by atoms with E-state index >= 15 is 0 Å². The van der Waals surface area contributed by atoms with E-state index in [1.165, 1.54) is 19.4 Å². The summed E-state index contributed by atoms with van der Waals surface area (Å²) in [7, 11) is 2.17. The zero-order chi connectivity index (χ0) is 9.68. The second-order valence-electron chi connectivity index (χ2n) is 4.30. The molecular weight excluding hydrogens is 164 g/mol. The van der Waals surface area contributed by atoms with Crippen molar-refractivity contribution in [1.82, 2.24) is 10.2 Å². The van der Waals surface area contributed by atoms with Crippen molar-refractivity contribution in [1.29, 1.82) is 0 Å². The molecule has 0 saturated carbocycles. The third-order valence-electron chi connectivity index (χ3n) is 2.69. The minimum Gasteiger partial charge on any atom is -0.396 e. The number of aliphatic hydroxyl groups excluding tert-OH is 1. The van der Waals surface area contributed by atoms with Gasteiger partial charge in [-0.15, -0.1) is 0 Å². The first-order valence-electron chi connectivity index (χ1n) is 5.25. The molecular formula is C10H22N2O. The summed E-state index contributed by atoms with van der Waals surface area (Å²) in [5.74, 6) is 0.382. The topological polar surface area (TPSA) is 35.5 Å². The lowest BCUT2D eigenvalue weighted by Crippen LogP contribution is -2.45. The Kier molecular flexibility index (Phi) is 4.70. The van der Waals surface area contributed by atoms with Crippen LogP contribution in [0.3, 0.4) is 0 Å². The van der Waals surface area contributed by atoms with Crippen LogP contribution in [-0.4, -0.2) is 49.3 Å². The summed E-state index contributed by atoms with van der Waals surface area (Å²) in [4.78, 5) is 2.37. The van der Waals surface area contributed by atoms with Gasteiger partial charge in [0.05, 0.1) is 0 Å². The Labute approximate surface area is 81.1 Å². The van der Waals surface area contributed by atoms with E-state index in [0.29, 0.717) is 12.0 Å². The zero-order valence-electron chi connectivity index (χ0n) is 8.79. The predicted molar refractivity (Wildman–Crippen MR) is 54.8 cm³/mol. The fourth-order valence-electron chi connectivity index (χ4n) is 1.77. The van der Waals surface area contributed by atoms with Crippen molar-refractivity contribution < 1.29 is 5.11 Å². The van der Waals surface area contributed by atoms with E-state index < -0.39 is 0 Å². The molecule has 1 fully saturated rings. The van der Waals surface area contributed by atoms with Crippen molar-refractivity contribution >= 4 is 0 Å². The van der Waals surface area contributed by atoms with Crippen molar-refractivity contribution in [2.45, 2.75) is 25.8 Å². The van der Waals surface area contributed by atoms with E-state index in [0.717, 1.165) is 13.1 Å². The molecule has 2 atom stereocenters. The number of rotatable bonds is 4. The van der Waals surface area contributed by atoms with Crippen LogP contribution >= 0.6 is 0 Å². The molecule has 1 saturated heterocycles. The highest BCUT2D eigenvalue weighted by molar-refractivity contribution is 4.76. The molecule has 0 spiro atoms. The maximum absolute atomic E-state index is 8.87. The van der Waals surface area contributed by atoms with Crippen molar-refractivity contribution in [3.8, 4) is 0 Å². The van der Waals surface area contributed by atoms with Gasteiger partial charge in [-0.25, -0.2) is 0 Å². The summed E-state index contributed by atoms with van der Waals surface area (Å²) in [6, 6.07) is 0.632. The third-order valence-corrected chi connectivity index (χ3v) is 2.69. The summed E-state index contributed by atoms with van der Waals surface area (Å²) in [5, 5.41) is 12.4. The largest absolute Gasteiger partial charge is 0.396 e. The van der Waals surface area contributed by atoms with Gasteiger partial charge in [-0.1, -0.05) is 6.92 Å². The van der Waals surface area contributed by atoms with E-state index in [1.807, 2.05) is 0 Å².